The predicted octanol–water partition coefficient (Wildman–Crippen LogP) is 3.81. The summed E-state index contributed by atoms with van der Waals surface area (Å²) in [6.45, 7) is 2.72. The van der Waals surface area contributed by atoms with Gasteiger partial charge < -0.3 is 9.15 Å². The second-order valence-corrected chi connectivity index (χ2v) is 4.77. The van der Waals surface area contributed by atoms with E-state index in [1.807, 2.05) is 24.3 Å². The largest absolute Gasteiger partial charge is 0.490 e. The van der Waals surface area contributed by atoms with Gasteiger partial charge in [-0.15, -0.1) is 0 Å². The number of benzene rings is 1. The van der Waals surface area contributed by atoms with Gasteiger partial charge in [0.2, 0.25) is 5.78 Å². The molecule has 1 heterocycles. The van der Waals surface area contributed by atoms with E-state index in [-0.39, 0.29) is 11.7 Å². The molecule has 0 saturated heterocycles. The fourth-order valence-corrected chi connectivity index (χ4v) is 2.03. The average Bonchev–Trinajstić information content (AvgIpc) is 3.14. The van der Waals surface area contributed by atoms with Crippen LogP contribution >= 0.6 is 0 Å². The number of ether oxygens (including phenoxy) is 1. The molecule has 0 amide bonds. The van der Waals surface area contributed by atoms with Crippen molar-refractivity contribution in [2.45, 2.75) is 26.2 Å². The molecule has 1 aliphatic rings. The maximum absolute atomic E-state index is 12.0. The van der Waals surface area contributed by atoms with Crippen LogP contribution in [0.25, 0.3) is 11.0 Å². The van der Waals surface area contributed by atoms with Gasteiger partial charge >= 0.3 is 0 Å². The first kappa shape index (κ1) is 11.3. The average molecular weight is 244 g/mol. The van der Waals surface area contributed by atoms with Gasteiger partial charge in [-0.1, -0.05) is 19.1 Å². The molecule has 1 fully saturated rings. The van der Waals surface area contributed by atoms with E-state index < -0.39 is 0 Å². The number of para-hydroxylation sites is 1. The van der Waals surface area contributed by atoms with Gasteiger partial charge in [0.25, 0.3) is 0 Å². The van der Waals surface area contributed by atoms with E-state index in [2.05, 4.69) is 6.92 Å². The molecular formula is C15H16O3. The third-order valence-electron chi connectivity index (χ3n) is 3.16. The van der Waals surface area contributed by atoms with Crippen LogP contribution in [0.3, 0.4) is 0 Å². The third kappa shape index (κ3) is 2.01. The van der Waals surface area contributed by atoms with E-state index >= 15 is 0 Å². The maximum Gasteiger partial charge on any atom is 0.201 e. The van der Waals surface area contributed by atoms with Crippen molar-refractivity contribution in [2.75, 3.05) is 6.61 Å². The lowest BCUT2D eigenvalue weighted by atomic mass is 10.2. The molecule has 0 spiro atoms. The maximum atomic E-state index is 12.0. The summed E-state index contributed by atoms with van der Waals surface area (Å²) in [6, 6.07) is 7.58. The number of furan rings is 1. The molecule has 0 bridgehead atoms. The molecule has 3 nitrogen and oxygen atoms in total. The van der Waals surface area contributed by atoms with Crippen LogP contribution in [0.5, 0.6) is 5.75 Å². The zero-order valence-electron chi connectivity index (χ0n) is 10.4. The number of Topliss-reactive ketones (excluding diaryl/α,β-unsaturated/α-hetero) is 1. The Morgan fingerprint density at radius 3 is 3.00 bits per heavy atom. The number of hydrogen-bond donors (Lipinski definition) is 0. The molecule has 0 unspecified atom stereocenters. The van der Waals surface area contributed by atoms with Crippen molar-refractivity contribution >= 4 is 16.8 Å². The Balaban J connectivity index is 1.97. The summed E-state index contributed by atoms with van der Waals surface area (Å²) in [7, 11) is 0. The topological polar surface area (TPSA) is 39.4 Å². The number of fused-ring (bicyclic) bond motifs is 1. The second kappa shape index (κ2) is 4.48. The lowest BCUT2D eigenvalue weighted by Crippen LogP contribution is -1.98. The van der Waals surface area contributed by atoms with Gasteiger partial charge in [0.05, 0.1) is 6.61 Å². The zero-order valence-corrected chi connectivity index (χ0v) is 10.4. The normalized spacial score (nSPS) is 14.9. The molecule has 0 N–H and O–H groups in total. The molecule has 3 rings (SSSR count). The molecule has 1 aromatic heterocycles. The molecule has 1 saturated carbocycles. The molecule has 0 radical (unpaired) electrons. The van der Waals surface area contributed by atoms with Gasteiger partial charge in [0.15, 0.2) is 17.1 Å². The van der Waals surface area contributed by atoms with Crippen molar-refractivity contribution in [3.63, 3.8) is 0 Å². The van der Waals surface area contributed by atoms with Gasteiger partial charge in [-0.05, 0) is 31.4 Å². The Hall–Kier alpha value is -1.77. The van der Waals surface area contributed by atoms with Crippen molar-refractivity contribution in [3.8, 4) is 5.75 Å². The number of carbonyl (C=O) groups excluding carboxylic acids is 1. The minimum absolute atomic E-state index is 0.132. The highest BCUT2D eigenvalue weighted by Crippen LogP contribution is 2.36. The summed E-state index contributed by atoms with van der Waals surface area (Å²) in [5, 5.41) is 0.938. The van der Waals surface area contributed by atoms with Crippen LogP contribution in [0.1, 0.15) is 36.7 Å². The highest BCUT2D eigenvalue weighted by atomic mass is 16.5. The summed E-state index contributed by atoms with van der Waals surface area (Å²) in [4.78, 5) is 12.0. The summed E-state index contributed by atoms with van der Waals surface area (Å²) >= 11 is 0. The number of rotatable bonds is 5. The molecule has 0 atom stereocenters. The SMILES string of the molecule is CCCOc1cccc2cc(C(=O)C3CC3)oc12. The Morgan fingerprint density at radius 2 is 2.28 bits per heavy atom. The molecule has 3 heteroatoms. The number of hydrogen-bond acceptors (Lipinski definition) is 3. The van der Waals surface area contributed by atoms with Crippen molar-refractivity contribution < 1.29 is 13.9 Å². The Labute approximate surface area is 106 Å². The van der Waals surface area contributed by atoms with Crippen molar-refractivity contribution in [3.05, 3.63) is 30.0 Å². The summed E-state index contributed by atoms with van der Waals surface area (Å²) in [5.74, 6) is 1.52. The Bertz CT molecular complexity index is 578. The van der Waals surface area contributed by atoms with Crippen molar-refractivity contribution in [1.82, 2.24) is 0 Å². The lowest BCUT2D eigenvalue weighted by Gasteiger charge is -2.03. The van der Waals surface area contributed by atoms with Crippen LogP contribution in [0.4, 0.5) is 0 Å². The molecule has 18 heavy (non-hydrogen) atoms. The lowest BCUT2D eigenvalue weighted by molar-refractivity contribution is 0.0942. The molecule has 94 valence electrons. The van der Waals surface area contributed by atoms with Crippen LogP contribution in [-0.2, 0) is 0 Å². The van der Waals surface area contributed by atoms with Crippen LogP contribution in [-0.4, -0.2) is 12.4 Å². The van der Waals surface area contributed by atoms with Crippen LogP contribution < -0.4 is 4.74 Å². The number of ketones is 1. The Morgan fingerprint density at radius 1 is 1.44 bits per heavy atom. The van der Waals surface area contributed by atoms with Gasteiger partial charge in [-0.2, -0.15) is 0 Å². The smallest absolute Gasteiger partial charge is 0.201 e. The second-order valence-electron chi connectivity index (χ2n) is 4.77. The van der Waals surface area contributed by atoms with Gasteiger partial charge in [0.1, 0.15) is 0 Å². The molecular weight excluding hydrogens is 228 g/mol. The fourth-order valence-electron chi connectivity index (χ4n) is 2.03. The van der Waals surface area contributed by atoms with Gasteiger partial charge in [0, 0.05) is 11.3 Å². The Kier molecular flexibility index (Phi) is 2.82. The number of carbonyl (C=O) groups is 1. The quantitative estimate of drug-likeness (QED) is 0.751. The molecule has 1 aliphatic carbocycles. The standard InChI is InChI=1S/C15H16O3/c1-2-8-17-12-5-3-4-11-9-13(18-15(11)12)14(16)10-6-7-10/h3-5,9-10H,2,6-8H2,1H3. The molecule has 0 aliphatic heterocycles. The van der Waals surface area contributed by atoms with Crippen molar-refractivity contribution in [1.29, 1.82) is 0 Å². The minimum atomic E-state index is 0.132. The minimum Gasteiger partial charge on any atom is -0.490 e. The highest BCUT2D eigenvalue weighted by molar-refractivity contribution is 6.01. The van der Waals surface area contributed by atoms with Gasteiger partial charge in [-0.3, -0.25) is 4.79 Å². The van der Waals surface area contributed by atoms with Crippen LogP contribution in [0.15, 0.2) is 28.7 Å². The van der Waals surface area contributed by atoms with E-state index in [0.717, 1.165) is 30.4 Å². The highest BCUT2D eigenvalue weighted by Gasteiger charge is 2.32. The first-order chi connectivity index (χ1) is 8.79. The molecule has 1 aromatic carbocycles. The summed E-state index contributed by atoms with van der Waals surface area (Å²) in [5.41, 5.74) is 0.690. The third-order valence-corrected chi connectivity index (χ3v) is 3.16. The monoisotopic (exact) mass is 244 g/mol. The predicted molar refractivity (Wildman–Crippen MR) is 69.1 cm³/mol. The first-order valence-corrected chi connectivity index (χ1v) is 6.49. The summed E-state index contributed by atoms with van der Waals surface area (Å²) in [6.07, 6.45) is 2.94. The first-order valence-electron chi connectivity index (χ1n) is 6.49. The van der Waals surface area contributed by atoms with E-state index in [1.54, 1.807) is 0 Å². The van der Waals surface area contributed by atoms with Crippen LogP contribution in [0, 0.1) is 5.92 Å². The van der Waals surface area contributed by atoms with E-state index in [0.29, 0.717) is 18.0 Å². The van der Waals surface area contributed by atoms with E-state index in [1.165, 1.54) is 0 Å². The van der Waals surface area contributed by atoms with E-state index in [9.17, 15) is 4.79 Å². The fraction of sp³-hybridized carbons (Fsp3) is 0.400. The summed E-state index contributed by atoms with van der Waals surface area (Å²) < 4.78 is 11.3. The van der Waals surface area contributed by atoms with Crippen LogP contribution in [0.2, 0.25) is 0 Å². The zero-order chi connectivity index (χ0) is 12.5. The van der Waals surface area contributed by atoms with E-state index in [4.69, 9.17) is 9.15 Å². The molecule has 2 aromatic rings. The van der Waals surface area contributed by atoms with Crippen molar-refractivity contribution in [2.24, 2.45) is 5.92 Å². The van der Waals surface area contributed by atoms with Gasteiger partial charge in [-0.25, -0.2) is 0 Å².